The highest BCUT2D eigenvalue weighted by Crippen LogP contribution is 2.18. The molecule has 7 nitrogen and oxygen atoms in total. The fourth-order valence-electron chi connectivity index (χ4n) is 3.83. The van der Waals surface area contributed by atoms with Crippen molar-refractivity contribution in [3.8, 4) is 0 Å². The first-order valence-corrected chi connectivity index (χ1v) is 9.55. The summed E-state index contributed by atoms with van der Waals surface area (Å²) in [5, 5.41) is 3.32. The molecule has 0 atom stereocenters. The van der Waals surface area contributed by atoms with E-state index in [1.54, 1.807) is 11.7 Å². The van der Waals surface area contributed by atoms with E-state index in [2.05, 4.69) is 10.2 Å². The van der Waals surface area contributed by atoms with Crippen LogP contribution in [0, 0.1) is 6.92 Å². The summed E-state index contributed by atoms with van der Waals surface area (Å²) in [5.74, 6) is -0.123. The number of amides is 1. The number of carbonyl (C=O) groups is 1. The zero-order valence-corrected chi connectivity index (χ0v) is 18.3. The van der Waals surface area contributed by atoms with Crippen LogP contribution in [0.5, 0.6) is 0 Å². The van der Waals surface area contributed by atoms with Gasteiger partial charge in [0.25, 0.3) is 11.5 Å². The normalized spacial score (nSPS) is 18.3. The highest BCUT2D eigenvalue weighted by molar-refractivity contribution is 5.95. The molecular formula is C19H32Cl2N4O3. The molecule has 3 heterocycles. The van der Waals surface area contributed by atoms with Gasteiger partial charge in [-0.15, -0.1) is 24.8 Å². The maximum atomic E-state index is 13.1. The van der Waals surface area contributed by atoms with Crippen LogP contribution in [0.25, 0.3) is 0 Å². The van der Waals surface area contributed by atoms with Gasteiger partial charge in [0, 0.05) is 52.1 Å². The summed E-state index contributed by atoms with van der Waals surface area (Å²) >= 11 is 0. The molecule has 28 heavy (non-hydrogen) atoms. The molecule has 160 valence electrons. The second kappa shape index (κ2) is 11.8. The van der Waals surface area contributed by atoms with Crippen molar-refractivity contribution in [2.24, 2.45) is 0 Å². The molecule has 2 saturated heterocycles. The molecule has 1 aromatic rings. The summed E-state index contributed by atoms with van der Waals surface area (Å²) in [6, 6.07) is 2.09. The lowest BCUT2D eigenvalue weighted by atomic mass is 10.0. The minimum atomic E-state index is -0.135. The molecule has 0 unspecified atom stereocenters. The van der Waals surface area contributed by atoms with Gasteiger partial charge in [0.2, 0.25) is 0 Å². The molecule has 0 spiro atoms. The number of aryl methyl sites for hydroxylation is 1. The van der Waals surface area contributed by atoms with Gasteiger partial charge in [-0.3, -0.25) is 14.5 Å². The van der Waals surface area contributed by atoms with Crippen molar-refractivity contribution in [1.29, 1.82) is 0 Å². The molecule has 9 heteroatoms. The summed E-state index contributed by atoms with van der Waals surface area (Å²) in [6.45, 7) is 8.23. The number of ether oxygens (including phenoxy) is 1. The van der Waals surface area contributed by atoms with E-state index in [4.69, 9.17) is 4.74 Å². The van der Waals surface area contributed by atoms with Gasteiger partial charge in [-0.1, -0.05) is 0 Å². The lowest BCUT2D eigenvalue weighted by Gasteiger charge is -2.35. The van der Waals surface area contributed by atoms with Crippen LogP contribution in [0.15, 0.2) is 17.1 Å². The Hall–Kier alpha value is -1.12. The molecule has 0 bridgehead atoms. The maximum Gasteiger partial charge on any atom is 0.263 e. The van der Waals surface area contributed by atoms with E-state index in [1.165, 1.54) is 0 Å². The number of piperidine rings is 1. The van der Waals surface area contributed by atoms with Crippen LogP contribution in [0.4, 0.5) is 0 Å². The molecule has 3 rings (SSSR count). The number of hydrogen-bond donors (Lipinski definition) is 1. The maximum absolute atomic E-state index is 13.1. The summed E-state index contributed by atoms with van der Waals surface area (Å²) < 4.78 is 6.89. The number of nitrogens with one attached hydrogen (secondary N) is 1. The van der Waals surface area contributed by atoms with Crippen LogP contribution in [0.2, 0.25) is 0 Å². The minimum Gasteiger partial charge on any atom is -0.383 e. The average Bonchev–Trinajstić information content (AvgIpc) is 2.67. The van der Waals surface area contributed by atoms with Crippen molar-refractivity contribution in [3.05, 3.63) is 33.7 Å². The van der Waals surface area contributed by atoms with Crippen molar-refractivity contribution in [3.63, 3.8) is 0 Å². The SMILES string of the molecule is COCCN1CCN(C(=O)c2c(C)ccn(C3CCNCC3)c2=O)CC1.Cl.Cl. The number of rotatable bonds is 5. The average molecular weight is 435 g/mol. The van der Waals surface area contributed by atoms with E-state index in [1.807, 2.05) is 24.1 Å². The number of piperazine rings is 1. The second-order valence-corrected chi connectivity index (χ2v) is 7.19. The van der Waals surface area contributed by atoms with Crippen LogP contribution < -0.4 is 10.9 Å². The largest absolute Gasteiger partial charge is 0.383 e. The number of pyridine rings is 1. The second-order valence-electron chi connectivity index (χ2n) is 7.19. The summed E-state index contributed by atoms with van der Waals surface area (Å²) in [7, 11) is 1.70. The Morgan fingerprint density at radius 1 is 1.18 bits per heavy atom. The Labute approximate surface area is 179 Å². The van der Waals surface area contributed by atoms with Crippen molar-refractivity contribution in [2.45, 2.75) is 25.8 Å². The quantitative estimate of drug-likeness (QED) is 0.756. The topological polar surface area (TPSA) is 66.8 Å². The summed E-state index contributed by atoms with van der Waals surface area (Å²) in [5.41, 5.74) is 0.979. The van der Waals surface area contributed by atoms with E-state index in [0.29, 0.717) is 25.3 Å². The molecule has 1 aromatic heterocycles. The standard InChI is InChI=1S/C19H30N4O3.2ClH/c1-15-5-8-23(16-3-6-20-7-4-16)19(25)17(15)18(24)22-11-9-21(10-12-22)13-14-26-2;;/h5,8,16,20H,3-4,6-7,9-14H2,1-2H3;2*1H. The van der Waals surface area contributed by atoms with Gasteiger partial charge in [-0.25, -0.2) is 0 Å². The zero-order chi connectivity index (χ0) is 18.5. The number of aromatic nitrogens is 1. The van der Waals surface area contributed by atoms with Crippen LogP contribution in [0.3, 0.4) is 0 Å². The Kier molecular flexibility index (Phi) is 10.5. The molecule has 0 aliphatic carbocycles. The number of nitrogens with zero attached hydrogens (tertiary/aromatic N) is 3. The van der Waals surface area contributed by atoms with Gasteiger partial charge in [0.05, 0.1) is 6.61 Å². The lowest BCUT2D eigenvalue weighted by Crippen LogP contribution is -2.50. The fourth-order valence-corrected chi connectivity index (χ4v) is 3.83. The van der Waals surface area contributed by atoms with Crippen molar-refractivity contribution in [1.82, 2.24) is 19.7 Å². The predicted molar refractivity (Wildman–Crippen MR) is 115 cm³/mol. The van der Waals surface area contributed by atoms with E-state index >= 15 is 0 Å². The van der Waals surface area contributed by atoms with Gasteiger partial charge >= 0.3 is 0 Å². The van der Waals surface area contributed by atoms with Crippen LogP contribution in [-0.4, -0.2) is 79.8 Å². The molecule has 1 N–H and O–H groups in total. The Bertz CT molecular complexity index is 684. The summed E-state index contributed by atoms with van der Waals surface area (Å²) in [6.07, 6.45) is 3.71. The molecule has 0 radical (unpaired) electrons. The number of hydrogen-bond acceptors (Lipinski definition) is 5. The molecule has 0 aromatic carbocycles. The molecule has 1 amide bonds. The van der Waals surface area contributed by atoms with Gasteiger partial charge in [-0.05, 0) is 44.5 Å². The predicted octanol–water partition coefficient (Wildman–Crippen LogP) is 1.33. The molecule has 2 aliphatic heterocycles. The third-order valence-corrected chi connectivity index (χ3v) is 5.51. The third kappa shape index (κ3) is 5.70. The van der Waals surface area contributed by atoms with Crippen LogP contribution in [0.1, 0.15) is 34.8 Å². The van der Waals surface area contributed by atoms with Crippen LogP contribution >= 0.6 is 24.8 Å². The Balaban J connectivity index is 0.00000196. The first-order valence-electron chi connectivity index (χ1n) is 9.55. The Morgan fingerprint density at radius 3 is 2.43 bits per heavy atom. The third-order valence-electron chi connectivity index (χ3n) is 5.51. The zero-order valence-electron chi connectivity index (χ0n) is 16.7. The fraction of sp³-hybridized carbons (Fsp3) is 0.684. The van der Waals surface area contributed by atoms with Crippen LogP contribution in [-0.2, 0) is 4.74 Å². The molecule has 2 aliphatic rings. The smallest absolute Gasteiger partial charge is 0.263 e. The lowest BCUT2D eigenvalue weighted by molar-refractivity contribution is 0.0591. The summed E-state index contributed by atoms with van der Waals surface area (Å²) in [4.78, 5) is 30.2. The van der Waals surface area contributed by atoms with E-state index in [-0.39, 0.29) is 42.3 Å². The highest BCUT2D eigenvalue weighted by Gasteiger charge is 2.27. The van der Waals surface area contributed by atoms with E-state index in [0.717, 1.165) is 51.1 Å². The van der Waals surface area contributed by atoms with E-state index in [9.17, 15) is 9.59 Å². The van der Waals surface area contributed by atoms with Crippen molar-refractivity contribution in [2.75, 3.05) is 59.5 Å². The van der Waals surface area contributed by atoms with E-state index < -0.39 is 0 Å². The first kappa shape index (κ1) is 24.9. The van der Waals surface area contributed by atoms with Gasteiger partial charge in [0.1, 0.15) is 5.56 Å². The first-order chi connectivity index (χ1) is 12.6. The highest BCUT2D eigenvalue weighted by atomic mass is 35.5. The molecular weight excluding hydrogens is 403 g/mol. The van der Waals surface area contributed by atoms with Gasteiger partial charge < -0.3 is 19.5 Å². The molecule has 2 fully saturated rings. The Morgan fingerprint density at radius 2 is 1.82 bits per heavy atom. The van der Waals surface area contributed by atoms with Gasteiger partial charge in [0.15, 0.2) is 0 Å². The van der Waals surface area contributed by atoms with Gasteiger partial charge in [-0.2, -0.15) is 0 Å². The number of halogens is 2. The van der Waals surface area contributed by atoms with Crippen molar-refractivity contribution >= 4 is 30.7 Å². The molecule has 0 saturated carbocycles. The number of carbonyl (C=O) groups excluding carboxylic acids is 1. The monoisotopic (exact) mass is 434 g/mol. The number of methoxy groups -OCH3 is 1. The van der Waals surface area contributed by atoms with Crippen molar-refractivity contribution < 1.29 is 9.53 Å². The minimum absolute atomic E-state index is 0.